The highest BCUT2D eigenvalue weighted by Crippen LogP contribution is 2.29. The van der Waals surface area contributed by atoms with Crippen LogP contribution in [0.4, 0.5) is 0 Å². The molecule has 0 heterocycles. The van der Waals surface area contributed by atoms with Crippen molar-refractivity contribution in [3.63, 3.8) is 0 Å². The van der Waals surface area contributed by atoms with Gasteiger partial charge in [0.05, 0.1) is 20.3 Å². The second-order valence-electron chi connectivity index (χ2n) is 4.55. The molecule has 0 saturated heterocycles. The number of benzene rings is 1. The van der Waals surface area contributed by atoms with E-state index in [1.165, 1.54) is 0 Å². The Balaban J connectivity index is 2.75. The summed E-state index contributed by atoms with van der Waals surface area (Å²) >= 11 is 0. The van der Waals surface area contributed by atoms with Crippen LogP contribution in [0.15, 0.2) is 18.2 Å². The van der Waals surface area contributed by atoms with Gasteiger partial charge < -0.3 is 19.9 Å². The predicted octanol–water partition coefficient (Wildman–Crippen LogP) is 2.13. The van der Waals surface area contributed by atoms with Crippen LogP contribution in [0.2, 0.25) is 0 Å². The van der Waals surface area contributed by atoms with E-state index in [4.69, 9.17) is 15.9 Å². The van der Waals surface area contributed by atoms with Crippen molar-refractivity contribution in [3.8, 4) is 23.8 Å². The van der Waals surface area contributed by atoms with Crippen LogP contribution >= 0.6 is 0 Å². The third kappa shape index (κ3) is 4.44. The quantitative estimate of drug-likeness (QED) is 0.715. The molecule has 1 rings (SSSR count). The first-order valence-corrected chi connectivity index (χ1v) is 6.73. The maximum Gasteiger partial charge on any atom is 0.124 e. The summed E-state index contributed by atoms with van der Waals surface area (Å²) in [6.07, 6.45) is 6.22. The number of methoxy groups -OCH3 is 2. The Labute approximate surface area is 121 Å². The first-order chi connectivity index (χ1) is 9.65. The normalized spacial score (nSPS) is 13.3. The molecule has 0 amide bonds. The molecule has 0 aliphatic heterocycles. The summed E-state index contributed by atoms with van der Waals surface area (Å²) in [6.45, 7) is 2.48. The molecule has 1 aromatic rings. The molecule has 2 unspecified atom stereocenters. The minimum absolute atomic E-state index is 0.214. The zero-order valence-electron chi connectivity index (χ0n) is 12.3. The Hall–Kier alpha value is -1.70. The standard InChI is InChI=1S/C16H23NO3/c1-5-7-12(6-2)17-11-15(18)14-10-13(19-3)8-9-16(14)20-4/h1,8-10,12,15,17-18H,6-7,11H2,2-4H3. The van der Waals surface area contributed by atoms with Crippen molar-refractivity contribution >= 4 is 0 Å². The Bertz CT molecular complexity index is 454. The van der Waals surface area contributed by atoms with E-state index >= 15 is 0 Å². The lowest BCUT2D eigenvalue weighted by Crippen LogP contribution is -2.32. The molecule has 1 aromatic carbocycles. The molecule has 0 bridgehead atoms. The predicted molar refractivity (Wildman–Crippen MR) is 80.0 cm³/mol. The molecule has 110 valence electrons. The average molecular weight is 277 g/mol. The van der Waals surface area contributed by atoms with Gasteiger partial charge in [-0.15, -0.1) is 12.3 Å². The Morgan fingerprint density at radius 1 is 1.35 bits per heavy atom. The maximum absolute atomic E-state index is 10.3. The van der Waals surface area contributed by atoms with Gasteiger partial charge in [0, 0.05) is 24.6 Å². The Morgan fingerprint density at radius 3 is 2.65 bits per heavy atom. The van der Waals surface area contributed by atoms with Crippen molar-refractivity contribution < 1.29 is 14.6 Å². The first-order valence-electron chi connectivity index (χ1n) is 6.73. The molecule has 0 radical (unpaired) electrons. The van der Waals surface area contributed by atoms with Crippen molar-refractivity contribution in [1.29, 1.82) is 0 Å². The highest BCUT2D eigenvalue weighted by molar-refractivity contribution is 5.41. The number of terminal acetylenes is 1. The van der Waals surface area contributed by atoms with Gasteiger partial charge in [0.25, 0.3) is 0 Å². The van der Waals surface area contributed by atoms with Gasteiger partial charge in [-0.1, -0.05) is 6.92 Å². The Morgan fingerprint density at radius 2 is 2.10 bits per heavy atom. The monoisotopic (exact) mass is 277 g/mol. The molecular formula is C16H23NO3. The van der Waals surface area contributed by atoms with Crippen LogP contribution in [0.3, 0.4) is 0 Å². The van der Waals surface area contributed by atoms with E-state index in [2.05, 4.69) is 18.2 Å². The van der Waals surface area contributed by atoms with Crippen LogP contribution in [-0.2, 0) is 0 Å². The third-order valence-corrected chi connectivity index (χ3v) is 3.25. The maximum atomic E-state index is 10.3. The van der Waals surface area contributed by atoms with Crippen molar-refractivity contribution in [3.05, 3.63) is 23.8 Å². The van der Waals surface area contributed by atoms with Crippen LogP contribution in [0.1, 0.15) is 31.4 Å². The fourth-order valence-corrected chi connectivity index (χ4v) is 1.99. The van der Waals surface area contributed by atoms with E-state index in [0.717, 1.165) is 6.42 Å². The number of aliphatic hydroxyl groups is 1. The molecule has 2 N–H and O–H groups in total. The zero-order valence-corrected chi connectivity index (χ0v) is 12.3. The van der Waals surface area contributed by atoms with E-state index < -0.39 is 6.10 Å². The molecular weight excluding hydrogens is 254 g/mol. The van der Waals surface area contributed by atoms with Crippen molar-refractivity contribution in [1.82, 2.24) is 5.32 Å². The lowest BCUT2D eigenvalue weighted by molar-refractivity contribution is 0.165. The molecule has 0 aliphatic carbocycles. The third-order valence-electron chi connectivity index (χ3n) is 3.25. The Kier molecular flexibility index (Phi) is 6.92. The van der Waals surface area contributed by atoms with Crippen molar-refractivity contribution in [2.45, 2.75) is 31.9 Å². The number of hydrogen-bond donors (Lipinski definition) is 2. The highest BCUT2D eigenvalue weighted by atomic mass is 16.5. The van der Waals surface area contributed by atoms with Crippen LogP contribution in [0, 0.1) is 12.3 Å². The summed E-state index contributed by atoms with van der Waals surface area (Å²) in [7, 11) is 3.18. The summed E-state index contributed by atoms with van der Waals surface area (Å²) in [6, 6.07) is 5.59. The van der Waals surface area contributed by atoms with Gasteiger partial charge >= 0.3 is 0 Å². The fourth-order valence-electron chi connectivity index (χ4n) is 1.99. The van der Waals surface area contributed by atoms with Gasteiger partial charge in [0.15, 0.2) is 0 Å². The van der Waals surface area contributed by atoms with Crippen LogP contribution in [0.5, 0.6) is 11.5 Å². The number of ether oxygens (including phenoxy) is 2. The van der Waals surface area contributed by atoms with E-state index in [0.29, 0.717) is 30.0 Å². The smallest absolute Gasteiger partial charge is 0.124 e. The van der Waals surface area contributed by atoms with Gasteiger partial charge in [-0.05, 0) is 24.6 Å². The fraction of sp³-hybridized carbons (Fsp3) is 0.500. The van der Waals surface area contributed by atoms with E-state index in [1.54, 1.807) is 32.4 Å². The molecule has 0 aliphatic rings. The molecule has 20 heavy (non-hydrogen) atoms. The molecule has 0 aromatic heterocycles. The van der Waals surface area contributed by atoms with Crippen molar-refractivity contribution in [2.24, 2.45) is 0 Å². The lowest BCUT2D eigenvalue weighted by atomic mass is 10.1. The van der Waals surface area contributed by atoms with Gasteiger partial charge in [-0.3, -0.25) is 0 Å². The van der Waals surface area contributed by atoms with E-state index in [1.807, 2.05) is 0 Å². The largest absolute Gasteiger partial charge is 0.497 e. The van der Waals surface area contributed by atoms with Gasteiger partial charge in [0.2, 0.25) is 0 Å². The molecule has 0 saturated carbocycles. The van der Waals surface area contributed by atoms with Gasteiger partial charge in [0.1, 0.15) is 11.5 Å². The number of rotatable bonds is 8. The summed E-state index contributed by atoms with van der Waals surface area (Å²) in [4.78, 5) is 0. The molecule has 4 nitrogen and oxygen atoms in total. The first kappa shape index (κ1) is 16.4. The molecule has 2 atom stereocenters. The van der Waals surface area contributed by atoms with Crippen LogP contribution in [-0.4, -0.2) is 31.9 Å². The van der Waals surface area contributed by atoms with Crippen LogP contribution < -0.4 is 14.8 Å². The SMILES string of the molecule is C#CCC(CC)NCC(O)c1cc(OC)ccc1OC. The summed E-state index contributed by atoms with van der Waals surface area (Å²) < 4.78 is 10.4. The number of hydrogen-bond acceptors (Lipinski definition) is 4. The number of nitrogens with one attached hydrogen (secondary N) is 1. The number of aliphatic hydroxyl groups excluding tert-OH is 1. The average Bonchev–Trinajstić information content (AvgIpc) is 2.50. The lowest BCUT2D eigenvalue weighted by Gasteiger charge is -2.20. The van der Waals surface area contributed by atoms with E-state index in [-0.39, 0.29) is 6.04 Å². The minimum Gasteiger partial charge on any atom is -0.497 e. The second-order valence-corrected chi connectivity index (χ2v) is 4.55. The zero-order chi connectivity index (χ0) is 15.0. The van der Waals surface area contributed by atoms with Crippen molar-refractivity contribution in [2.75, 3.05) is 20.8 Å². The van der Waals surface area contributed by atoms with Crippen LogP contribution in [0.25, 0.3) is 0 Å². The summed E-state index contributed by atoms with van der Waals surface area (Å²) in [5.41, 5.74) is 0.704. The topological polar surface area (TPSA) is 50.7 Å². The van der Waals surface area contributed by atoms with Gasteiger partial charge in [-0.25, -0.2) is 0 Å². The molecule has 4 heteroatoms. The summed E-state index contributed by atoms with van der Waals surface area (Å²) in [5, 5.41) is 13.6. The highest BCUT2D eigenvalue weighted by Gasteiger charge is 2.16. The summed E-state index contributed by atoms with van der Waals surface area (Å²) in [5.74, 6) is 3.97. The second kappa shape index (κ2) is 8.47. The molecule has 0 fully saturated rings. The van der Waals surface area contributed by atoms with E-state index in [9.17, 15) is 5.11 Å². The molecule has 0 spiro atoms. The minimum atomic E-state index is -0.674. The van der Waals surface area contributed by atoms with Gasteiger partial charge in [-0.2, -0.15) is 0 Å².